The average Bonchev–Trinajstić information content (AvgIpc) is 2.78. The number of nitrogens with zero attached hydrogens (tertiary/aromatic N) is 4. The van der Waals surface area contributed by atoms with Gasteiger partial charge in [-0.05, 0) is 19.2 Å². The summed E-state index contributed by atoms with van der Waals surface area (Å²) in [6, 6.07) is 6.24. The van der Waals surface area contributed by atoms with Gasteiger partial charge in [-0.3, -0.25) is 0 Å². The van der Waals surface area contributed by atoms with Crippen LogP contribution in [0.2, 0.25) is 0 Å². The topological polar surface area (TPSA) is 32.9 Å². The van der Waals surface area contributed by atoms with Crippen LogP contribution in [-0.2, 0) is 0 Å². The van der Waals surface area contributed by atoms with Gasteiger partial charge in [-0.2, -0.15) is 10.5 Å². The molecule has 83 valence electrons. The molecule has 0 atom stereocenters. The molecular formula is C12H15N4. The van der Waals surface area contributed by atoms with Crippen LogP contribution in [0.15, 0.2) is 23.3 Å². The Balaban J connectivity index is 1.89. The van der Waals surface area contributed by atoms with Gasteiger partial charge in [0.15, 0.2) is 0 Å². The highest BCUT2D eigenvalue weighted by Crippen LogP contribution is 2.29. The Morgan fingerprint density at radius 2 is 1.94 bits per heavy atom. The molecule has 4 heteroatoms. The van der Waals surface area contributed by atoms with Gasteiger partial charge in [-0.15, -0.1) is 0 Å². The molecule has 2 aliphatic heterocycles. The quantitative estimate of drug-likeness (QED) is 0.700. The second-order valence-corrected chi connectivity index (χ2v) is 4.34. The summed E-state index contributed by atoms with van der Waals surface area (Å²) in [6.07, 6.45) is 1.86. The monoisotopic (exact) mass is 215 g/mol. The van der Waals surface area contributed by atoms with Gasteiger partial charge in [0.1, 0.15) is 0 Å². The van der Waals surface area contributed by atoms with Gasteiger partial charge in [0.25, 0.3) is 0 Å². The molecule has 0 spiro atoms. The van der Waals surface area contributed by atoms with Crippen molar-refractivity contribution in [2.75, 3.05) is 38.1 Å². The first-order chi connectivity index (χ1) is 7.84. The maximum Gasteiger partial charge on any atom is 0.0966 e. The van der Waals surface area contributed by atoms with Crippen molar-refractivity contribution in [1.82, 2.24) is 10.3 Å². The summed E-state index contributed by atoms with van der Waals surface area (Å²) in [5, 5.41) is 3.98. The predicted octanol–water partition coefficient (Wildman–Crippen LogP) is 1.02. The molecule has 3 rings (SSSR count). The third kappa shape index (κ3) is 1.55. The largest absolute Gasteiger partial charge is 0.368 e. The van der Waals surface area contributed by atoms with Crippen LogP contribution in [0.25, 0.3) is 0 Å². The summed E-state index contributed by atoms with van der Waals surface area (Å²) in [6.45, 7) is 4.41. The lowest BCUT2D eigenvalue weighted by Gasteiger charge is -2.34. The van der Waals surface area contributed by atoms with Crippen LogP contribution in [0.4, 0.5) is 11.4 Å². The van der Waals surface area contributed by atoms with Crippen LogP contribution in [0.1, 0.15) is 5.56 Å². The molecule has 2 heterocycles. The molecule has 2 aliphatic rings. The Morgan fingerprint density at radius 1 is 1.12 bits per heavy atom. The summed E-state index contributed by atoms with van der Waals surface area (Å²) in [4.78, 5) is 4.78. The minimum absolute atomic E-state index is 0.997. The number of hydrogen-bond donors (Lipinski definition) is 0. The fraction of sp³-hybridized carbons (Fsp3) is 0.417. The number of fused-ring (bicyclic) bond motifs is 1. The van der Waals surface area contributed by atoms with Crippen molar-refractivity contribution >= 4 is 17.6 Å². The second-order valence-electron chi connectivity index (χ2n) is 4.34. The Morgan fingerprint density at radius 3 is 2.75 bits per heavy atom. The molecule has 1 saturated heterocycles. The smallest absolute Gasteiger partial charge is 0.0966 e. The molecule has 0 N–H and O–H groups in total. The molecule has 4 nitrogen and oxygen atoms in total. The number of anilines is 1. The fourth-order valence-electron chi connectivity index (χ4n) is 2.23. The van der Waals surface area contributed by atoms with E-state index in [2.05, 4.69) is 39.5 Å². The maximum atomic E-state index is 4.10. The minimum atomic E-state index is 0.997. The fourth-order valence-corrected chi connectivity index (χ4v) is 2.23. The van der Waals surface area contributed by atoms with Crippen molar-refractivity contribution in [1.29, 1.82) is 0 Å². The summed E-state index contributed by atoms with van der Waals surface area (Å²) in [7, 11) is 2.17. The number of likely N-dealkylation sites (N-methyl/N-ethyl adjacent to an activating group) is 1. The first kappa shape index (κ1) is 9.66. The normalized spacial score (nSPS) is 19.7. The van der Waals surface area contributed by atoms with E-state index in [1.165, 1.54) is 11.3 Å². The molecule has 0 unspecified atom stereocenters. The number of benzene rings is 1. The highest BCUT2D eigenvalue weighted by atomic mass is 15.3. The number of rotatable bonds is 1. The molecule has 0 amide bonds. The van der Waals surface area contributed by atoms with E-state index in [9.17, 15) is 0 Å². The third-order valence-electron chi connectivity index (χ3n) is 3.26. The van der Waals surface area contributed by atoms with Crippen molar-refractivity contribution in [2.24, 2.45) is 5.10 Å². The first-order valence-corrected chi connectivity index (χ1v) is 5.65. The van der Waals surface area contributed by atoms with E-state index in [1.54, 1.807) is 0 Å². The van der Waals surface area contributed by atoms with Gasteiger partial charge in [0.05, 0.1) is 11.9 Å². The highest BCUT2D eigenvalue weighted by molar-refractivity contribution is 5.96. The summed E-state index contributed by atoms with van der Waals surface area (Å²) in [5.41, 5.74) is 7.55. The van der Waals surface area contributed by atoms with Crippen LogP contribution >= 0.6 is 0 Å². The zero-order chi connectivity index (χ0) is 11.0. The van der Waals surface area contributed by atoms with E-state index in [-0.39, 0.29) is 0 Å². The van der Waals surface area contributed by atoms with Crippen LogP contribution in [-0.4, -0.2) is 44.3 Å². The summed E-state index contributed by atoms with van der Waals surface area (Å²) < 4.78 is 0. The Bertz CT molecular complexity index is 419. The first-order valence-electron chi connectivity index (χ1n) is 5.65. The van der Waals surface area contributed by atoms with Crippen molar-refractivity contribution in [3.63, 3.8) is 0 Å². The lowest BCUT2D eigenvalue weighted by molar-refractivity contribution is 0.313. The molecule has 1 fully saturated rings. The standard InChI is InChI=1S/C12H15N4/c1-15-5-7-16(8-6-15)12-4-2-3-11-10(12)9-13-14-11/h2-4,9H,5-8H2,1H3. The Labute approximate surface area is 95.5 Å². The predicted molar refractivity (Wildman–Crippen MR) is 65.5 cm³/mol. The molecule has 0 bridgehead atoms. The van der Waals surface area contributed by atoms with Crippen LogP contribution < -0.4 is 10.3 Å². The van der Waals surface area contributed by atoms with Gasteiger partial charge in [-0.25, -0.2) is 0 Å². The average molecular weight is 215 g/mol. The number of hydrogen-bond acceptors (Lipinski definition) is 3. The lowest BCUT2D eigenvalue weighted by atomic mass is 10.1. The zero-order valence-electron chi connectivity index (χ0n) is 9.43. The molecule has 16 heavy (non-hydrogen) atoms. The van der Waals surface area contributed by atoms with Gasteiger partial charge >= 0.3 is 0 Å². The SMILES string of the molecule is CN1CCN(c2cccc3c2C=N[N]3)CC1. The maximum absolute atomic E-state index is 4.10. The summed E-state index contributed by atoms with van der Waals surface area (Å²) >= 11 is 0. The van der Waals surface area contributed by atoms with E-state index in [1.807, 2.05) is 12.3 Å². The third-order valence-corrected chi connectivity index (χ3v) is 3.26. The van der Waals surface area contributed by atoms with Crippen molar-refractivity contribution < 1.29 is 0 Å². The lowest BCUT2D eigenvalue weighted by Crippen LogP contribution is -2.44. The van der Waals surface area contributed by atoms with E-state index in [4.69, 9.17) is 0 Å². The van der Waals surface area contributed by atoms with E-state index < -0.39 is 0 Å². The molecule has 1 aromatic rings. The molecule has 1 radical (unpaired) electrons. The van der Waals surface area contributed by atoms with Gasteiger partial charge in [0, 0.05) is 37.4 Å². The highest BCUT2D eigenvalue weighted by Gasteiger charge is 2.19. The molecule has 1 aromatic carbocycles. The van der Waals surface area contributed by atoms with Crippen LogP contribution in [0, 0.1) is 0 Å². The Hall–Kier alpha value is -1.55. The molecule has 0 aromatic heterocycles. The van der Waals surface area contributed by atoms with Crippen LogP contribution in [0.5, 0.6) is 0 Å². The Kier molecular flexibility index (Phi) is 2.29. The zero-order valence-corrected chi connectivity index (χ0v) is 9.43. The van der Waals surface area contributed by atoms with Gasteiger partial charge < -0.3 is 9.80 Å². The van der Waals surface area contributed by atoms with Crippen molar-refractivity contribution in [3.05, 3.63) is 23.8 Å². The van der Waals surface area contributed by atoms with Crippen molar-refractivity contribution in [3.8, 4) is 0 Å². The van der Waals surface area contributed by atoms with Gasteiger partial charge in [-0.1, -0.05) is 6.07 Å². The van der Waals surface area contributed by atoms with E-state index >= 15 is 0 Å². The molecule has 0 saturated carbocycles. The van der Waals surface area contributed by atoms with Crippen LogP contribution in [0.3, 0.4) is 0 Å². The van der Waals surface area contributed by atoms with Gasteiger partial charge in [0.2, 0.25) is 0 Å². The number of piperazine rings is 1. The van der Waals surface area contributed by atoms with E-state index in [0.29, 0.717) is 0 Å². The summed E-state index contributed by atoms with van der Waals surface area (Å²) in [5.74, 6) is 0. The minimum Gasteiger partial charge on any atom is -0.368 e. The molecule has 0 aliphatic carbocycles. The van der Waals surface area contributed by atoms with E-state index in [0.717, 1.165) is 31.9 Å². The van der Waals surface area contributed by atoms with Crippen molar-refractivity contribution in [2.45, 2.75) is 0 Å². The molecular weight excluding hydrogens is 200 g/mol. The second kappa shape index (κ2) is 3.79.